The second kappa shape index (κ2) is 5.64. The summed E-state index contributed by atoms with van der Waals surface area (Å²) in [5.41, 5.74) is 3.34. The zero-order valence-electron chi connectivity index (χ0n) is 12.4. The van der Waals surface area contributed by atoms with Gasteiger partial charge in [-0.1, -0.05) is 61.7 Å². The number of carbonyl (C=O) groups is 1. The molecule has 0 aromatic heterocycles. The van der Waals surface area contributed by atoms with E-state index < -0.39 is 11.6 Å². The van der Waals surface area contributed by atoms with Crippen LogP contribution in [0.3, 0.4) is 0 Å². The number of benzene rings is 2. The molecule has 1 aliphatic rings. The fourth-order valence-corrected chi connectivity index (χ4v) is 3.19. The van der Waals surface area contributed by atoms with E-state index in [1.54, 1.807) is 6.08 Å². The van der Waals surface area contributed by atoms with Gasteiger partial charge in [-0.25, -0.2) is 4.79 Å². The first-order valence-corrected chi connectivity index (χ1v) is 7.37. The first-order chi connectivity index (χ1) is 10.7. The molecule has 2 heteroatoms. The zero-order valence-corrected chi connectivity index (χ0v) is 12.4. The number of hydrogen-bond acceptors (Lipinski definition) is 2. The van der Waals surface area contributed by atoms with E-state index in [1.165, 1.54) is 17.2 Å². The predicted molar refractivity (Wildman–Crippen MR) is 87.6 cm³/mol. The minimum absolute atomic E-state index is 0.452. The first-order valence-electron chi connectivity index (χ1n) is 7.37. The van der Waals surface area contributed by atoms with Gasteiger partial charge < -0.3 is 4.74 Å². The van der Waals surface area contributed by atoms with Gasteiger partial charge in [0, 0.05) is 17.2 Å². The molecule has 0 aliphatic heterocycles. The summed E-state index contributed by atoms with van der Waals surface area (Å²) in [5, 5.41) is 0. The van der Waals surface area contributed by atoms with E-state index in [0.29, 0.717) is 0 Å². The van der Waals surface area contributed by atoms with Crippen molar-refractivity contribution in [2.45, 2.75) is 18.4 Å². The van der Waals surface area contributed by atoms with Crippen molar-refractivity contribution >= 4 is 5.97 Å². The summed E-state index contributed by atoms with van der Waals surface area (Å²) in [5.74, 6) is -0.452. The van der Waals surface area contributed by atoms with E-state index in [1.807, 2.05) is 36.4 Å². The van der Waals surface area contributed by atoms with Crippen molar-refractivity contribution in [3.63, 3.8) is 0 Å². The van der Waals surface area contributed by atoms with Crippen molar-refractivity contribution in [3.8, 4) is 0 Å². The Morgan fingerprint density at radius 3 is 1.91 bits per heavy atom. The Bertz CT molecular complexity index is 695. The van der Waals surface area contributed by atoms with Gasteiger partial charge in [0.05, 0.1) is 0 Å². The Labute approximate surface area is 130 Å². The number of hydrogen-bond donors (Lipinski definition) is 0. The average molecular weight is 290 g/mol. The van der Waals surface area contributed by atoms with Crippen LogP contribution in [-0.4, -0.2) is 5.97 Å². The van der Waals surface area contributed by atoms with Crippen LogP contribution >= 0.6 is 0 Å². The predicted octanol–water partition coefficient (Wildman–Crippen LogP) is 3.94. The molecule has 0 bridgehead atoms. The maximum absolute atomic E-state index is 12.0. The fourth-order valence-electron chi connectivity index (χ4n) is 3.19. The summed E-state index contributed by atoms with van der Waals surface area (Å²) < 4.78 is 5.84. The number of fused-ring (bicyclic) bond motifs is 2. The summed E-state index contributed by atoms with van der Waals surface area (Å²) in [7, 11) is 0. The van der Waals surface area contributed by atoms with Crippen molar-refractivity contribution in [3.05, 3.63) is 96.1 Å². The van der Waals surface area contributed by atoms with Crippen molar-refractivity contribution in [1.29, 1.82) is 0 Å². The third kappa shape index (κ3) is 2.17. The molecular formula is C20H18O2. The highest BCUT2D eigenvalue weighted by atomic mass is 16.6. The topological polar surface area (TPSA) is 26.3 Å². The Balaban J connectivity index is 2.31. The zero-order chi connectivity index (χ0) is 15.6. The van der Waals surface area contributed by atoms with Crippen LogP contribution in [0.5, 0.6) is 0 Å². The summed E-state index contributed by atoms with van der Waals surface area (Å²) in [6.45, 7) is 7.49. The van der Waals surface area contributed by atoms with Crippen LogP contribution in [0.1, 0.15) is 22.3 Å². The Kier molecular flexibility index (Phi) is 3.68. The SMILES string of the molecule is C=CC(=O)OC1(C=C)c2ccccc2CCc2ccccc21. The van der Waals surface area contributed by atoms with E-state index in [2.05, 4.69) is 25.3 Å². The molecule has 0 saturated heterocycles. The smallest absolute Gasteiger partial charge is 0.331 e. The third-order valence-electron chi connectivity index (χ3n) is 4.21. The second-order valence-electron chi connectivity index (χ2n) is 5.38. The van der Waals surface area contributed by atoms with Crippen LogP contribution in [0.25, 0.3) is 0 Å². The molecule has 0 amide bonds. The molecule has 2 nitrogen and oxygen atoms in total. The lowest BCUT2D eigenvalue weighted by molar-refractivity contribution is -0.146. The van der Waals surface area contributed by atoms with Gasteiger partial charge in [-0.05, 0) is 30.0 Å². The van der Waals surface area contributed by atoms with Crippen LogP contribution in [0.15, 0.2) is 73.8 Å². The highest BCUT2D eigenvalue weighted by Gasteiger charge is 2.39. The maximum atomic E-state index is 12.0. The largest absolute Gasteiger partial charge is 0.442 e. The average Bonchev–Trinajstić information content (AvgIpc) is 2.71. The molecular weight excluding hydrogens is 272 g/mol. The van der Waals surface area contributed by atoms with Gasteiger partial charge in [0.15, 0.2) is 5.60 Å². The van der Waals surface area contributed by atoms with E-state index >= 15 is 0 Å². The van der Waals surface area contributed by atoms with Crippen molar-refractivity contribution in [2.75, 3.05) is 0 Å². The lowest BCUT2D eigenvalue weighted by Gasteiger charge is -2.32. The molecule has 0 N–H and O–H groups in total. The van der Waals surface area contributed by atoms with Crippen molar-refractivity contribution in [2.24, 2.45) is 0 Å². The molecule has 22 heavy (non-hydrogen) atoms. The lowest BCUT2D eigenvalue weighted by Crippen LogP contribution is -2.32. The normalized spacial score (nSPS) is 14.9. The monoisotopic (exact) mass is 290 g/mol. The van der Waals surface area contributed by atoms with Gasteiger partial charge in [-0.2, -0.15) is 0 Å². The molecule has 2 aromatic carbocycles. The summed E-state index contributed by atoms with van der Waals surface area (Å²) in [6.07, 6.45) is 4.74. The molecule has 0 spiro atoms. The number of rotatable bonds is 3. The van der Waals surface area contributed by atoms with Gasteiger partial charge in [-0.15, -0.1) is 0 Å². The van der Waals surface area contributed by atoms with E-state index in [4.69, 9.17) is 4.74 Å². The van der Waals surface area contributed by atoms with Gasteiger partial charge in [-0.3, -0.25) is 0 Å². The highest BCUT2D eigenvalue weighted by molar-refractivity contribution is 5.82. The highest BCUT2D eigenvalue weighted by Crippen LogP contribution is 2.41. The Hall–Kier alpha value is -2.61. The van der Waals surface area contributed by atoms with Gasteiger partial charge >= 0.3 is 5.97 Å². The number of ether oxygens (including phenoxy) is 1. The number of esters is 1. The maximum Gasteiger partial charge on any atom is 0.331 e. The van der Waals surface area contributed by atoms with Crippen LogP contribution in [0.4, 0.5) is 0 Å². The van der Waals surface area contributed by atoms with Crippen molar-refractivity contribution < 1.29 is 9.53 Å². The lowest BCUT2D eigenvalue weighted by atomic mass is 9.83. The first kappa shape index (κ1) is 14.3. The molecule has 0 atom stereocenters. The molecule has 0 unspecified atom stereocenters. The molecule has 0 saturated carbocycles. The summed E-state index contributed by atoms with van der Waals surface area (Å²) >= 11 is 0. The molecule has 0 heterocycles. The minimum Gasteiger partial charge on any atom is -0.442 e. The molecule has 0 radical (unpaired) electrons. The van der Waals surface area contributed by atoms with E-state index in [9.17, 15) is 4.79 Å². The molecule has 3 rings (SSSR count). The van der Waals surface area contributed by atoms with Crippen LogP contribution < -0.4 is 0 Å². The molecule has 110 valence electrons. The Morgan fingerprint density at radius 2 is 1.45 bits per heavy atom. The summed E-state index contributed by atoms with van der Waals surface area (Å²) in [6, 6.07) is 16.1. The van der Waals surface area contributed by atoms with E-state index in [-0.39, 0.29) is 0 Å². The molecule has 2 aromatic rings. The van der Waals surface area contributed by atoms with Crippen LogP contribution in [0, 0.1) is 0 Å². The van der Waals surface area contributed by atoms with Crippen LogP contribution in [0.2, 0.25) is 0 Å². The number of carbonyl (C=O) groups excluding carboxylic acids is 1. The summed E-state index contributed by atoms with van der Waals surface area (Å²) in [4.78, 5) is 12.0. The second-order valence-corrected chi connectivity index (χ2v) is 5.38. The Morgan fingerprint density at radius 1 is 0.955 bits per heavy atom. The molecule has 1 aliphatic carbocycles. The third-order valence-corrected chi connectivity index (χ3v) is 4.21. The quantitative estimate of drug-likeness (QED) is 0.486. The standard InChI is InChI=1S/C20H18O2/c1-3-19(21)22-20(4-2)17-11-7-5-9-15(17)13-14-16-10-6-8-12-18(16)20/h3-12H,1-2,13-14H2. The fraction of sp³-hybridized carbons (Fsp3) is 0.150. The van der Waals surface area contributed by atoms with Gasteiger partial charge in [0.2, 0.25) is 0 Å². The molecule has 0 fully saturated rings. The minimum atomic E-state index is -0.963. The van der Waals surface area contributed by atoms with Gasteiger partial charge in [0.1, 0.15) is 0 Å². The van der Waals surface area contributed by atoms with Gasteiger partial charge in [0.25, 0.3) is 0 Å². The van der Waals surface area contributed by atoms with Crippen molar-refractivity contribution in [1.82, 2.24) is 0 Å². The van der Waals surface area contributed by atoms with Crippen LogP contribution in [-0.2, 0) is 28.0 Å². The number of aryl methyl sites for hydroxylation is 2. The van der Waals surface area contributed by atoms with E-state index in [0.717, 1.165) is 24.0 Å².